The van der Waals surface area contributed by atoms with Gasteiger partial charge in [0.05, 0.1) is 25.1 Å². The summed E-state index contributed by atoms with van der Waals surface area (Å²) in [7, 11) is 1.52. The summed E-state index contributed by atoms with van der Waals surface area (Å²) in [6.07, 6.45) is 5.37. The van der Waals surface area contributed by atoms with Crippen LogP contribution in [-0.2, 0) is 0 Å². The zero-order valence-corrected chi connectivity index (χ0v) is 19.9. The third kappa shape index (κ3) is 4.32. The fourth-order valence-electron chi connectivity index (χ4n) is 3.55. The number of rotatable bonds is 4. The van der Waals surface area contributed by atoms with E-state index in [0.717, 1.165) is 12.8 Å². The number of methoxy groups -OCH3 is 1. The summed E-state index contributed by atoms with van der Waals surface area (Å²) in [5.74, 6) is 7.72. The predicted molar refractivity (Wildman–Crippen MR) is 130 cm³/mol. The Kier molecular flexibility index (Phi) is 5.36. The Bertz CT molecular complexity index is 1560. The molecule has 1 aromatic carbocycles. The molecule has 174 valence electrons. The lowest BCUT2D eigenvalue weighted by molar-refractivity contribution is 0.102. The smallest absolute Gasteiger partial charge is 0.258 e. The van der Waals surface area contributed by atoms with Crippen molar-refractivity contribution < 1.29 is 19.0 Å². The lowest BCUT2D eigenvalue weighted by atomic mass is 9.98. The molecule has 0 spiro atoms. The number of nitrogens with zero attached hydrogens (tertiary/aromatic N) is 4. The summed E-state index contributed by atoms with van der Waals surface area (Å²) in [5, 5.41) is 3.47. The van der Waals surface area contributed by atoms with E-state index < -0.39 is 5.91 Å². The molecule has 1 saturated carbocycles. The van der Waals surface area contributed by atoms with Crippen molar-refractivity contribution in [2.24, 2.45) is 5.92 Å². The monoisotopic (exact) mass is 505 g/mol. The number of carbonyl (C=O) groups is 1. The molecule has 1 aliphatic carbocycles. The predicted octanol–water partition coefficient (Wildman–Crippen LogP) is 4.55. The molecule has 11 heteroatoms. The first-order chi connectivity index (χ1) is 17.1. The van der Waals surface area contributed by atoms with Crippen molar-refractivity contribution in [3.05, 3.63) is 47.0 Å². The molecular formula is C24H16ClN5O4S. The van der Waals surface area contributed by atoms with Crippen molar-refractivity contribution >= 4 is 44.5 Å². The van der Waals surface area contributed by atoms with Gasteiger partial charge in [-0.2, -0.15) is 4.98 Å². The van der Waals surface area contributed by atoms with Gasteiger partial charge < -0.3 is 14.2 Å². The quantitative estimate of drug-likeness (QED) is 0.318. The van der Waals surface area contributed by atoms with Crippen LogP contribution in [-0.4, -0.2) is 39.7 Å². The maximum absolute atomic E-state index is 13.4. The molecule has 0 bridgehead atoms. The second-order valence-corrected chi connectivity index (χ2v) is 9.22. The fourth-order valence-corrected chi connectivity index (χ4v) is 4.50. The van der Waals surface area contributed by atoms with Gasteiger partial charge >= 0.3 is 0 Å². The van der Waals surface area contributed by atoms with E-state index in [1.807, 2.05) is 0 Å². The zero-order valence-electron chi connectivity index (χ0n) is 18.3. The van der Waals surface area contributed by atoms with Crippen LogP contribution in [0.15, 0.2) is 30.6 Å². The van der Waals surface area contributed by atoms with Gasteiger partial charge in [-0.05, 0) is 37.0 Å². The topological polar surface area (TPSA) is 108 Å². The standard InChI is InChI=1S/C24H16ClN5O4S/c1-32-19-10-26-20(25)8-15(19)14-6-17-18(34-11-33-17)7-16(14)22(31)30-24-29-21-23(35-24)28-13(9-27-21)5-4-12-2-3-12/h6-10,12H,2-3,11H2,1H3,(H,27,29,30,31). The number of nitrogens with one attached hydrogen (secondary N) is 1. The van der Waals surface area contributed by atoms with Crippen LogP contribution < -0.4 is 19.5 Å². The molecule has 3 aromatic heterocycles. The Balaban J connectivity index is 1.36. The van der Waals surface area contributed by atoms with Crippen molar-refractivity contribution in [3.63, 3.8) is 0 Å². The van der Waals surface area contributed by atoms with Gasteiger partial charge in [0.15, 0.2) is 27.1 Å². The first-order valence-corrected chi connectivity index (χ1v) is 11.9. The van der Waals surface area contributed by atoms with Gasteiger partial charge in [0, 0.05) is 17.0 Å². The number of halogens is 1. The number of pyridine rings is 1. The molecular weight excluding hydrogens is 490 g/mol. The van der Waals surface area contributed by atoms with Gasteiger partial charge in [0.25, 0.3) is 5.91 Å². The van der Waals surface area contributed by atoms with Crippen molar-refractivity contribution in [2.75, 3.05) is 19.2 Å². The minimum absolute atomic E-state index is 0.0647. The minimum atomic E-state index is -0.402. The number of carbonyl (C=O) groups excluding carboxylic acids is 1. The van der Waals surface area contributed by atoms with Gasteiger partial charge in [-0.3, -0.25) is 10.1 Å². The Morgan fingerprint density at radius 1 is 1.14 bits per heavy atom. The van der Waals surface area contributed by atoms with Gasteiger partial charge in [-0.1, -0.05) is 28.9 Å². The van der Waals surface area contributed by atoms with Crippen LogP contribution in [0.4, 0.5) is 5.13 Å². The van der Waals surface area contributed by atoms with Crippen molar-refractivity contribution in [1.29, 1.82) is 0 Å². The average Bonchev–Trinajstić information content (AvgIpc) is 3.43. The van der Waals surface area contributed by atoms with Crippen LogP contribution in [0.3, 0.4) is 0 Å². The number of hydrogen-bond acceptors (Lipinski definition) is 9. The number of anilines is 1. The Morgan fingerprint density at radius 3 is 2.77 bits per heavy atom. The first kappa shape index (κ1) is 21.6. The molecule has 1 amide bonds. The second kappa shape index (κ2) is 8.69. The van der Waals surface area contributed by atoms with Gasteiger partial charge in [-0.15, -0.1) is 0 Å². The van der Waals surface area contributed by atoms with E-state index in [9.17, 15) is 4.79 Å². The van der Waals surface area contributed by atoms with Gasteiger partial charge in [-0.25, -0.2) is 15.0 Å². The molecule has 2 aliphatic rings. The third-order valence-corrected chi connectivity index (χ3v) is 6.49. The Morgan fingerprint density at radius 2 is 1.97 bits per heavy atom. The summed E-state index contributed by atoms with van der Waals surface area (Å²) in [5.41, 5.74) is 2.48. The Hall–Kier alpha value is -3.94. The molecule has 0 saturated heterocycles. The van der Waals surface area contributed by atoms with Gasteiger partial charge in [0.1, 0.15) is 16.6 Å². The highest BCUT2D eigenvalue weighted by molar-refractivity contribution is 7.21. The molecule has 9 nitrogen and oxygen atoms in total. The molecule has 0 atom stereocenters. The van der Waals surface area contributed by atoms with E-state index in [1.165, 1.54) is 24.6 Å². The summed E-state index contributed by atoms with van der Waals surface area (Å²) in [4.78, 5) is 31.3. The lowest BCUT2D eigenvalue weighted by Crippen LogP contribution is -2.13. The Labute approximate surface area is 208 Å². The maximum Gasteiger partial charge on any atom is 0.258 e. The van der Waals surface area contributed by atoms with Crippen LogP contribution in [0.1, 0.15) is 28.9 Å². The van der Waals surface area contributed by atoms with Crippen LogP contribution in [0.5, 0.6) is 17.2 Å². The molecule has 1 aliphatic heterocycles. The number of aromatic nitrogens is 4. The van der Waals surface area contributed by atoms with E-state index in [1.54, 1.807) is 24.4 Å². The van der Waals surface area contributed by atoms with E-state index in [4.69, 9.17) is 25.8 Å². The minimum Gasteiger partial charge on any atom is -0.494 e. The summed E-state index contributed by atoms with van der Waals surface area (Å²) in [6, 6.07) is 4.97. The lowest BCUT2D eigenvalue weighted by Gasteiger charge is -2.14. The molecule has 35 heavy (non-hydrogen) atoms. The summed E-state index contributed by atoms with van der Waals surface area (Å²) >= 11 is 7.37. The zero-order chi connectivity index (χ0) is 23.9. The highest BCUT2D eigenvalue weighted by Crippen LogP contribution is 2.42. The number of thiazole rings is 1. The number of fused-ring (bicyclic) bond motifs is 2. The number of hydrogen-bond donors (Lipinski definition) is 1. The summed E-state index contributed by atoms with van der Waals surface area (Å²) in [6.45, 7) is 0.0647. The van der Waals surface area contributed by atoms with Crippen LogP contribution in [0.25, 0.3) is 21.6 Å². The second-order valence-electron chi connectivity index (χ2n) is 7.86. The highest BCUT2D eigenvalue weighted by atomic mass is 35.5. The maximum atomic E-state index is 13.4. The van der Waals surface area contributed by atoms with Crippen molar-refractivity contribution in [3.8, 4) is 40.2 Å². The summed E-state index contributed by atoms with van der Waals surface area (Å²) < 4.78 is 16.5. The molecule has 1 fully saturated rings. The number of benzene rings is 1. The molecule has 6 rings (SSSR count). The largest absolute Gasteiger partial charge is 0.494 e. The van der Waals surface area contributed by atoms with E-state index in [-0.39, 0.29) is 11.9 Å². The van der Waals surface area contributed by atoms with Crippen LogP contribution in [0, 0.1) is 17.8 Å². The number of ether oxygens (including phenoxy) is 3. The van der Waals surface area contributed by atoms with Crippen LogP contribution >= 0.6 is 22.9 Å². The molecule has 4 aromatic rings. The van der Waals surface area contributed by atoms with E-state index in [2.05, 4.69) is 37.1 Å². The molecule has 0 unspecified atom stereocenters. The van der Waals surface area contributed by atoms with Crippen molar-refractivity contribution in [1.82, 2.24) is 19.9 Å². The molecule has 4 heterocycles. The highest BCUT2D eigenvalue weighted by Gasteiger charge is 2.25. The third-order valence-electron chi connectivity index (χ3n) is 5.43. The first-order valence-electron chi connectivity index (χ1n) is 10.7. The molecule has 0 radical (unpaired) electrons. The average molecular weight is 506 g/mol. The SMILES string of the molecule is COc1cnc(Cl)cc1-c1cc2c(cc1C(=O)Nc1nc3ncc(C#CC4CC4)nc3s1)OCO2. The number of amides is 1. The van der Waals surface area contributed by atoms with E-state index in [0.29, 0.717) is 61.2 Å². The normalized spacial score (nSPS) is 13.9. The molecule has 1 N–H and O–H groups in total. The fraction of sp³-hybridized carbons (Fsp3) is 0.208. The van der Waals surface area contributed by atoms with E-state index >= 15 is 0 Å². The van der Waals surface area contributed by atoms with Crippen molar-refractivity contribution in [2.45, 2.75) is 12.8 Å². The van der Waals surface area contributed by atoms with Crippen LogP contribution in [0.2, 0.25) is 5.15 Å². The van der Waals surface area contributed by atoms with Gasteiger partial charge in [0.2, 0.25) is 6.79 Å².